The summed E-state index contributed by atoms with van der Waals surface area (Å²) in [5.41, 5.74) is 0.312. The third-order valence-electron chi connectivity index (χ3n) is 4.88. The van der Waals surface area contributed by atoms with E-state index in [9.17, 15) is 14.4 Å². The zero-order valence-corrected chi connectivity index (χ0v) is 19.6. The molecule has 2 aromatic rings. The zero-order chi connectivity index (χ0) is 24.8. The Hall–Kier alpha value is -4.21. The molecule has 10 nitrogen and oxygen atoms in total. The van der Waals surface area contributed by atoms with E-state index in [-0.39, 0.29) is 17.0 Å². The molecular weight excluding hydrogens is 444 g/mol. The number of carbonyl (C=O) groups is 3. The summed E-state index contributed by atoms with van der Waals surface area (Å²) in [6.07, 6.45) is 1.34. The molecule has 1 fully saturated rings. The molecule has 0 bridgehead atoms. The molecule has 180 valence electrons. The van der Waals surface area contributed by atoms with Gasteiger partial charge in [0.2, 0.25) is 5.75 Å². The van der Waals surface area contributed by atoms with Gasteiger partial charge in [-0.1, -0.05) is 0 Å². The minimum Gasteiger partial charge on any atom is -0.494 e. The van der Waals surface area contributed by atoms with Crippen LogP contribution < -0.4 is 33.9 Å². The third-order valence-corrected chi connectivity index (χ3v) is 4.88. The number of imide groups is 2. The highest BCUT2D eigenvalue weighted by Crippen LogP contribution is 2.39. The Kier molecular flexibility index (Phi) is 7.62. The second-order valence-corrected chi connectivity index (χ2v) is 6.91. The summed E-state index contributed by atoms with van der Waals surface area (Å²) in [5, 5.41) is 2.20. The largest absolute Gasteiger partial charge is 0.494 e. The van der Waals surface area contributed by atoms with Crippen LogP contribution in [0, 0.1) is 0 Å². The van der Waals surface area contributed by atoms with Crippen molar-refractivity contribution >= 4 is 29.6 Å². The van der Waals surface area contributed by atoms with E-state index < -0.39 is 17.8 Å². The molecule has 2 aromatic carbocycles. The highest BCUT2D eigenvalue weighted by atomic mass is 16.5. The van der Waals surface area contributed by atoms with Crippen molar-refractivity contribution in [3.63, 3.8) is 0 Å². The summed E-state index contributed by atoms with van der Waals surface area (Å²) in [7, 11) is 4.37. The standard InChI is InChI=1S/C24H26N2O8/c1-6-33-15-8-9-18(34-7-2)17(13-15)26-23(28)16(22(27)25-24(26)29)10-14-11-19(30-3)21(32-5)20(12-14)31-4/h8-13H,6-7H2,1-5H3,(H,25,27,29)/b16-10+. The fourth-order valence-corrected chi connectivity index (χ4v) is 3.43. The van der Waals surface area contributed by atoms with E-state index in [4.69, 9.17) is 23.7 Å². The first-order valence-corrected chi connectivity index (χ1v) is 10.5. The fourth-order valence-electron chi connectivity index (χ4n) is 3.43. The van der Waals surface area contributed by atoms with Gasteiger partial charge in [-0.15, -0.1) is 0 Å². The van der Waals surface area contributed by atoms with Gasteiger partial charge in [-0.2, -0.15) is 0 Å². The van der Waals surface area contributed by atoms with E-state index in [1.165, 1.54) is 33.5 Å². The van der Waals surface area contributed by atoms with Gasteiger partial charge in [-0.25, -0.2) is 9.69 Å². The van der Waals surface area contributed by atoms with Crippen LogP contribution in [-0.2, 0) is 9.59 Å². The lowest BCUT2D eigenvalue weighted by Crippen LogP contribution is -2.54. The summed E-state index contributed by atoms with van der Waals surface area (Å²) < 4.78 is 27.1. The van der Waals surface area contributed by atoms with Gasteiger partial charge < -0.3 is 23.7 Å². The molecule has 4 amide bonds. The lowest BCUT2D eigenvalue weighted by Gasteiger charge is -2.28. The van der Waals surface area contributed by atoms with Gasteiger partial charge >= 0.3 is 6.03 Å². The van der Waals surface area contributed by atoms with Crippen molar-refractivity contribution in [3.05, 3.63) is 41.5 Å². The average molecular weight is 470 g/mol. The number of benzene rings is 2. The number of anilines is 1. The number of methoxy groups -OCH3 is 3. The molecule has 0 aromatic heterocycles. The molecule has 1 aliphatic heterocycles. The summed E-state index contributed by atoms with van der Waals surface area (Å²) >= 11 is 0. The SMILES string of the molecule is CCOc1ccc(OCC)c(N2C(=O)NC(=O)/C(=C\c3cc(OC)c(OC)c(OC)c3)C2=O)c1. The van der Waals surface area contributed by atoms with Crippen LogP contribution in [0.2, 0.25) is 0 Å². The number of hydrogen-bond acceptors (Lipinski definition) is 8. The van der Waals surface area contributed by atoms with Gasteiger partial charge in [0.05, 0.1) is 40.2 Å². The van der Waals surface area contributed by atoms with Gasteiger partial charge in [0.1, 0.15) is 17.1 Å². The quantitative estimate of drug-likeness (QED) is 0.439. The molecule has 34 heavy (non-hydrogen) atoms. The van der Waals surface area contributed by atoms with E-state index in [1.807, 2.05) is 6.92 Å². The molecule has 0 radical (unpaired) electrons. The Balaban J connectivity index is 2.11. The number of urea groups is 1. The van der Waals surface area contributed by atoms with Crippen molar-refractivity contribution in [1.82, 2.24) is 5.32 Å². The van der Waals surface area contributed by atoms with E-state index in [0.717, 1.165) is 4.90 Å². The molecule has 1 aliphatic rings. The highest BCUT2D eigenvalue weighted by molar-refractivity contribution is 6.39. The highest BCUT2D eigenvalue weighted by Gasteiger charge is 2.38. The topological polar surface area (TPSA) is 113 Å². The van der Waals surface area contributed by atoms with Crippen LogP contribution in [0.3, 0.4) is 0 Å². The minimum absolute atomic E-state index is 0.151. The number of hydrogen-bond donors (Lipinski definition) is 1. The van der Waals surface area contributed by atoms with Crippen LogP contribution in [0.25, 0.3) is 6.08 Å². The number of nitrogens with zero attached hydrogens (tertiary/aromatic N) is 1. The number of rotatable bonds is 9. The number of ether oxygens (including phenoxy) is 5. The van der Waals surface area contributed by atoms with E-state index in [0.29, 0.717) is 41.8 Å². The summed E-state index contributed by atoms with van der Waals surface area (Å²) in [5.74, 6) is 0.111. The first-order valence-electron chi connectivity index (χ1n) is 10.5. The molecule has 3 rings (SSSR count). The maximum Gasteiger partial charge on any atom is 0.336 e. The maximum atomic E-state index is 13.4. The Morgan fingerprint density at radius 2 is 1.50 bits per heavy atom. The molecule has 1 heterocycles. The minimum atomic E-state index is -0.897. The summed E-state index contributed by atoms with van der Waals surface area (Å²) in [4.78, 5) is 39.6. The molecule has 1 N–H and O–H groups in total. The van der Waals surface area contributed by atoms with Crippen LogP contribution in [0.1, 0.15) is 19.4 Å². The molecule has 0 saturated carbocycles. The Morgan fingerprint density at radius 3 is 2.06 bits per heavy atom. The molecular formula is C24H26N2O8. The van der Waals surface area contributed by atoms with Crippen molar-refractivity contribution in [1.29, 1.82) is 0 Å². The summed E-state index contributed by atoms with van der Waals surface area (Å²) in [6.45, 7) is 4.28. The van der Waals surface area contributed by atoms with Crippen LogP contribution in [0.15, 0.2) is 35.9 Å². The lowest BCUT2D eigenvalue weighted by molar-refractivity contribution is -0.122. The van der Waals surface area contributed by atoms with E-state index >= 15 is 0 Å². The zero-order valence-electron chi connectivity index (χ0n) is 19.6. The smallest absolute Gasteiger partial charge is 0.336 e. The molecule has 0 aliphatic carbocycles. The first kappa shape index (κ1) is 24.4. The van der Waals surface area contributed by atoms with Gasteiger partial charge in [-0.05, 0) is 49.8 Å². The Morgan fingerprint density at radius 1 is 0.853 bits per heavy atom. The van der Waals surface area contributed by atoms with Gasteiger partial charge in [-0.3, -0.25) is 14.9 Å². The van der Waals surface area contributed by atoms with Crippen molar-refractivity contribution in [2.75, 3.05) is 39.4 Å². The van der Waals surface area contributed by atoms with Crippen LogP contribution in [0.5, 0.6) is 28.7 Å². The van der Waals surface area contributed by atoms with Gasteiger partial charge in [0, 0.05) is 6.07 Å². The molecule has 0 unspecified atom stereocenters. The van der Waals surface area contributed by atoms with Crippen molar-refractivity contribution < 1.29 is 38.1 Å². The van der Waals surface area contributed by atoms with Crippen molar-refractivity contribution in [2.24, 2.45) is 0 Å². The van der Waals surface area contributed by atoms with Crippen LogP contribution in [-0.4, -0.2) is 52.4 Å². The van der Waals surface area contributed by atoms with E-state index in [1.54, 1.807) is 31.2 Å². The second kappa shape index (κ2) is 10.6. The summed E-state index contributed by atoms with van der Waals surface area (Å²) in [6, 6.07) is 7.05. The normalized spacial score (nSPS) is 14.7. The van der Waals surface area contributed by atoms with Gasteiger partial charge in [0.25, 0.3) is 11.8 Å². The Bertz CT molecular complexity index is 1120. The predicted molar refractivity (Wildman–Crippen MR) is 124 cm³/mol. The van der Waals surface area contributed by atoms with Crippen molar-refractivity contribution in [3.8, 4) is 28.7 Å². The fraction of sp³-hybridized carbons (Fsp3) is 0.292. The van der Waals surface area contributed by atoms with Crippen LogP contribution >= 0.6 is 0 Å². The molecule has 0 spiro atoms. The number of amides is 4. The molecule has 10 heteroatoms. The first-order chi connectivity index (χ1) is 16.4. The monoisotopic (exact) mass is 470 g/mol. The number of nitrogens with one attached hydrogen (secondary N) is 1. The molecule has 1 saturated heterocycles. The van der Waals surface area contributed by atoms with Gasteiger partial charge in [0.15, 0.2) is 11.5 Å². The number of carbonyl (C=O) groups excluding carboxylic acids is 3. The van der Waals surface area contributed by atoms with Crippen LogP contribution in [0.4, 0.5) is 10.5 Å². The maximum absolute atomic E-state index is 13.4. The lowest BCUT2D eigenvalue weighted by atomic mass is 10.1. The second-order valence-electron chi connectivity index (χ2n) is 6.91. The average Bonchev–Trinajstić information content (AvgIpc) is 2.82. The third kappa shape index (κ3) is 4.75. The number of barbiturate groups is 1. The predicted octanol–water partition coefficient (Wildman–Crippen LogP) is 3.18. The molecule has 0 atom stereocenters. The van der Waals surface area contributed by atoms with Crippen molar-refractivity contribution in [2.45, 2.75) is 13.8 Å². The Labute approximate surface area is 197 Å². The van der Waals surface area contributed by atoms with E-state index in [2.05, 4.69) is 5.32 Å².